The molecule has 1 fully saturated rings. The van der Waals surface area contributed by atoms with Crippen molar-refractivity contribution < 1.29 is 22.1 Å². The molecule has 1 aromatic carbocycles. The molecular formula is C26H29F2N9O4S. The topological polar surface area (TPSA) is 142 Å². The molecule has 0 spiro atoms. The molecule has 0 aliphatic carbocycles. The van der Waals surface area contributed by atoms with E-state index in [9.17, 15) is 17.8 Å². The van der Waals surface area contributed by atoms with Crippen LogP contribution in [0.15, 0.2) is 39.7 Å². The number of nitrogen functional groups attached to an aromatic ring is 1. The summed E-state index contributed by atoms with van der Waals surface area (Å²) >= 11 is 0. The van der Waals surface area contributed by atoms with Gasteiger partial charge in [-0.3, -0.25) is 18.2 Å². The van der Waals surface area contributed by atoms with E-state index in [1.807, 2.05) is 4.90 Å². The van der Waals surface area contributed by atoms with Gasteiger partial charge in [0.15, 0.2) is 28.6 Å². The van der Waals surface area contributed by atoms with Gasteiger partial charge in [-0.15, -0.1) is 5.10 Å². The first kappa shape index (κ1) is 27.8. The highest BCUT2D eigenvalue weighted by Gasteiger charge is 2.24. The second kappa shape index (κ2) is 11.2. The molecule has 1 aliphatic heterocycles. The summed E-state index contributed by atoms with van der Waals surface area (Å²) in [6, 6.07) is 5.63. The number of furan rings is 1. The van der Waals surface area contributed by atoms with Crippen LogP contribution >= 0.6 is 0 Å². The molecule has 222 valence electrons. The van der Waals surface area contributed by atoms with Crippen LogP contribution in [0, 0.1) is 11.6 Å². The fourth-order valence-corrected chi connectivity index (χ4v) is 5.41. The maximum absolute atomic E-state index is 14.7. The summed E-state index contributed by atoms with van der Waals surface area (Å²) in [5.74, 6) is -0.410. The Kier molecular flexibility index (Phi) is 7.40. The van der Waals surface area contributed by atoms with Gasteiger partial charge in [0.2, 0.25) is 11.8 Å². The van der Waals surface area contributed by atoms with Crippen molar-refractivity contribution in [1.82, 2.24) is 33.6 Å². The number of piperazine rings is 1. The summed E-state index contributed by atoms with van der Waals surface area (Å²) in [5.41, 5.74) is 7.48. The molecule has 1 atom stereocenters. The minimum atomic E-state index is -1.08. The van der Waals surface area contributed by atoms with Gasteiger partial charge >= 0.3 is 5.69 Å². The summed E-state index contributed by atoms with van der Waals surface area (Å²) in [5, 5.41) is 4.39. The van der Waals surface area contributed by atoms with Crippen molar-refractivity contribution >= 4 is 39.2 Å². The van der Waals surface area contributed by atoms with E-state index in [1.54, 1.807) is 23.7 Å². The highest BCUT2D eigenvalue weighted by atomic mass is 32.2. The van der Waals surface area contributed by atoms with E-state index in [2.05, 4.69) is 20.0 Å². The summed E-state index contributed by atoms with van der Waals surface area (Å²) in [6.45, 7) is 3.13. The van der Waals surface area contributed by atoms with Crippen molar-refractivity contribution in [3.8, 4) is 17.3 Å². The van der Waals surface area contributed by atoms with E-state index in [0.717, 1.165) is 6.07 Å². The van der Waals surface area contributed by atoms with Crippen molar-refractivity contribution in [2.24, 2.45) is 7.05 Å². The van der Waals surface area contributed by atoms with Gasteiger partial charge in [0.1, 0.15) is 11.3 Å². The number of benzene rings is 1. The second-order valence-electron chi connectivity index (χ2n) is 9.97. The lowest BCUT2D eigenvalue weighted by atomic mass is 10.2. The van der Waals surface area contributed by atoms with E-state index < -0.39 is 22.4 Å². The molecule has 5 aromatic rings. The van der Waals surface area contributed by atoms with Crippen molar-refractivity contribution in [3.63, 3.8) is 0 Å². The molecule has 5 heterocycles. The third-order valence-electron chi connectivity index (χ3n) is 7.30. The molecule has 0 amide bonds. The number of nitrogens with two attached hydrogens (primary N) is 1. The zero-order valence-corrected chi connectivity index (χ0v) is 23.8. The molecule has 0 unspecified atom stereocenters. The van der Waals surface area contributed by atoms with Crippen LogP contribution < -0.4 is 21.1 Å². The first-order valence-electron chi connectivity index (χ1n) is 13.3. The molecule has 1 saturated heterocycles. The lowest BCUT2D eigenvalue weighted by molar-refractivity contribution is 0.247. The highest BCUT2D eigenvalue weighted by Crippen LogP contribution is 2.29. The molecule has 4 aromatic heterocycles. The first-order chi connectivity index (χ1) is 20.2. The lowest BCUT2D eigenvalue weighted by Gasteiger charge is -2.36. The van der Waals surface area contributed by atoms with Crippen molar-refractivity contribution in [3.05, 3.63) is 52.6 Å². The average Bonchev–Trinajstić information content (AvgIpc) is 3.69. The van der Waals surface area contributed by atoms with Crippen LogP contribution in [-0.4, -0.2) is 89.2 Å². The molecule has 13 nitrogen and oxygen atoms in total. The number of anilines is 2. The Morgan fingerprint density at radius 2 is 1.88 bits per heavy atom. The molecule has 2 N–H and O–H groups in total. The molecule has 0 saturated carbocycles. The summed E-state index contributed by atoms with van der Waals surface area (Å²) in [4.78, 5) is 26.3. The molecule has 6 rings (SSSR count). The Hall–Kier alpha value is -4.31. The maximum Gasteiger partial charge on any atom is 0.330 e. The van der Waals surface area contributed by atoms with E-state index in [1.165, 1.54) is 27.7 Å². The second-order valence-corrected chi connectivity index (χ2v) is 11.5. The molecule has 1 aliphatic rings. The highest BCUT2D eigenvalue weighted by molar-refractivity contribution is 7.84. The smallest absolute Gasteiger partial charge is 0.330 e. The van der Waals surface area contributed by atoms with E-state index in [-0.39, 0.29) is 35.4 Å². The SMILES string of the molecule is Cn1c(=O)n(CCN2CCN(c3cc(OCC[S@@](C)=O)c(F)cc3F)CC2)c2nc(N)n3nc(-c4ccco4)nc3c21. The Morgan fingerprint density at radius 1 is 1.10 bits per heavy atom. The number of hydrogen-bond donors (Lipinski definition) is 1. The third-order valence-corrected chi connectivity index (χ3v) is 8.04. The van der Waals surface area contributed by atoms with Crippen LogP contribution in [0.1, 0.15) is 0 Å². The zero-order valence-electron chi connectivity index (χ0n) is 23.0. The van der Waals surface area contributed by atoms with Gasteiger partial charge < -0.3 is 19.8 Å². The third kappa shape index (κ3) is 5.11. The molecular weight excluding hydrogens is 572 g/mol. The number of hydrogen-bond acceptors (Lipinski definition) is 10. The Labute approximate surface area is 240 Å². The van der Waals surface area contributed by atoms with Gasteiger partial charge in [0.05, 0.1) is 24.3 Å². The van der Waals surface area contributed by atoms with Crippen molar-refractivity contribution in [2.75, 3.05) is 62.0 Å². The Morgan fingerprint density at radius 3 is 2.60 bits per heavy atom. The maximum atomic E-state index is 14.7. The number of aryl methyl sites for hydroxylation is 1. The van der Waals surface area contributed by atoms with Gasteiger partial charge in [-0.2, -0.15) is 9.50 Å². The number of aromatic nitrogens is 6. The molecule has 0 radical (unpaired) electrons. The van der Waals surface area contributed by atoms with Gasteiger partial charge in [-0.25, -0.2) is 18.6 Å². The minimum Gasteiger partial charge on any atom is -0.489 e. The summed E-state index contributed by atoms with van der Waals surface area (Å²) in [6.07, 6.45) is 3.05. The zero-order chi connectivity index (χ0) is 29.5. The predicted octanol–water partition coefficient (Wildman–Crippen LogP) is 1.48. The van der Waals surface area contributed by atoms with E-state index >= 15 is 0 Å². The standard InChI is InChI=1S/C26H29F2N9O4S/c1-33-21-23(31-25(29)37-24(21)30-22(32-37)19-4-3-11-40-19)36(26(33)38)10-7-34-5-8-35(9-6-34)18-15-20(17(28)14-16(18)27)41-12-13-42(2)39/h3-4,11,14-15H,5-10,12-13H2,1-2H3,(H2,29,31)/t42-/m1/s1. The van der Waals surface area contributed by atoms with E-state index in [4.69, 9.17) is 14.9 Å². The monoisotopic (exact) mass is 601 g/mol. The fraction of sp³-hybridized carbons (Fsp3) is 0.385. The predicted molar refractivity (Wildman–Crippen MR) is 153 cm³/mol. The van der Waals surface area contributed by atoms with Crippen LogP contribution in [0.5, 0.6) is 5.75 Å². The average molecular weight is 602 g/mol. The Bertz CT molecular complexity index is 1840. The van der Waals surface area contributed by atoms with Gasteiger partial charge in [-0.1, -0.05) is 0 Å². The minimum absolute atomic E-state index is 0.0700. The molecule has 16 heteroatoms. The van der Waals surface area contributed by atoms with Crippen LogP contribution in [0.4, 0.5) is 20.4 Å². The summed E-state index contributed by atoms with van der Waals surface area (Å²) in [7, 11) is 0.567. The summed E-state index contributed by atoms with van der Waals surface area (Å²) < 4.78 is 55.4. The van der Waals surface area contributed by atoms with Crippen molar-refractivity contribution in [1.29, 1.82) is 0 Å². The number of imidazole rings is 1. The molecule has 0 bridgehead atoms. The first-order valence-corrected chi connectivity index (χ1v) is 15.0. The Balaban J connectivity index is 1.16. The number of rotatable bonds is 9. The van der Waals surface area contributed by atoms with Crippen LogP contribution in [-0.2, 0) is 24.4 Å². The van der Waals surface area contributed by atoms with Crippen molar-refractivity contribution in [2.45, 2.75) is 6.54 Å². The van der Waals surface area contributed by atoms with Crippen LogP contribution in [0.3, 0.4) is 0 Å². The number of ether oxygens (including phenoxy) is 1. The van der Waals surface area contributed by atoms with Crippen LogP contribution in [0.25, 0.3) is 28.4 Å². The quantitative estimate of drug-likeness (QED) is 0.264. The van der Waals surface area contributed by atoms with Gasteiger partial charge in [0, 0.05) is 75.5 Å². The van der Waals surface area contributed by atoms with Gasteiger partial charge in [-0.05, 0) is 12.1 Å². The normalized spacial score (nSPS) is 15.2. The number of fused-ring (bicyclic) bond motifs is 3. The largest absolute Gasteiger partial charge is 0.489 e. The molecule has 42 heavy (non-hydrogen) atoms. The fourth-order valence-electron chi connectivity index (χ4n) is 5.10. The van der Waals surface area contributed by atoms with Crippen LogP contribution in [0.2, 0.25) is 0 Å². The van der Waals surface area contributed by atoms with Gasteiger partial charge in [0.25, 0.3) is 0 Å². The lowest BCUT2D eigenvalue weighted by Crippen LogP contribution is -2.47. The van der Waals surface area contributed by atoms with E-state index in [0.29, 0.717) is 67.7 Å². The number of halogens is 2. The number of nitrogens with zero attached hydrogens (tertiary/aromatic N) is 8.